The topological polar surface area (TPSA) is 78.7 Å². The van der Waals surface area contributed by atoms with Crippen molar-refractivity contribution in [3.05, 3.63) is 28.3 Å². The van der Waals surface area contributed by atoms with Crippen LogP contribution < -0.4 is 9.47 Å². The molecule has 0 bridgehead atoms. The van der Waals surface area contributed by atoms with Crippen LogP contribution in [-0.2, 0) is 4.79 Å². The number of Topliss-reactive ketones (excluding diaryl/α,β-unsaturated/α-hetero) is 1. The van der Waals surface area contributed by atoms with Crippen LogP contribution in [0.3, 0.4) is 0 Å². The summed E-state index contributed by atoms with van der Waals surface area (Å²) in [4.78, 5) is 20.4. The van der Waals surface area contributed by atoms with E-state index in [-0.39, 0.29) is 5.75 Å². The second kappa shape index (κ2) is 5.55. The first-order valence-corrected chi connectivity index (χ1v) is 4.81. The highest BCUT2D eigenvalue weighted by Gasteiger charge is 2.38. The molecule has 0 amide bonds. The van der Waals surface area contributed by atoms with Crippen molar-refractivity contribution in [1.29, 1.82) is 0 Å². The largest absolute Gasteiger partial charge is 0.496 e. The summed E-state index contributed by atoms with van der Waals surface area (Å²) in [6, 6.07) is 3.30. The Balaban J connectivity index is 2.90. The van der Waals surface area contributed by atoms with E-state index in [9.17, 15) is 28.1 Å². The number of carbonyl (C=O) groups is 1. The molecule has 0 aromatic heterocycles. The highest BCUT2D eigenvalue weighted by molar-refractivity contribution is 5.85. The molecule has 0 spiro atoms. The molecule has 0 saturated carbocycles. The summed E-state index contributed by atoms with van der Waals surface area (Å²) in [5, 5.41) is 10.7. The van der Waals surface area contributed by atoms with Crippen molar-refractivity contribution in [2.45, 2.75) is 6.18 Å². The van der Waals surface area contributed by atoms with Gasteiger partial charge >= 0.3 is 11.9 Å². The molecular formula is C10H8F3NO5. The Bertz CT molecular complexity index is 500. The van der Waals surface area contributed by atoms with Gasteiger partial charge in [-0.1, -0.05) is 0 Å². The quantitative estimate of drug-likeness (QED) is 0.609. The molecule has 0 fully saturated rings. The molecule has 0 aliphatic carbocycles. The predicted molar refractivity (Wildman–Crippen MR) is 56.2 cm³/mol. The Hall–Kier alpha value is -2.32. The Morgan fingerprint density at radius 1 is 1.42 bits per heavy atom. The standard InChI is InChI=1S/C10H8F3NO5/c1-18-6-2-3-8(7(4-6)14(16)17)19-5-9(15)10(11,12)13/h2-4H,5H2,1H3. The average molecular weight is 279 g/mol. The molecule has 0 saturated heterocycles. The lowest BCUT2D eigenvalue weighted by Gasteiger charge is -2.08. The molecule has 104 valence electrons. The Labute approximate surface area is 104 Å². The van der Waals surface area contributed by atoms with Crippen LogP contribution >= 0.6 is 0 Å². The third-order valence-corrected chi connectivity index (χ3v) is 2.04. The van der Waals surface area contributed by atoms with Crippen molar-refractivity contribution in [2.24, 2.45) is 0 Å². The molecule has 1 aromatic rings. The molecule has 0 unspecified atom stereocenters. The summed E-state index contributed by atoms with van der Waals surface area (Å²) < 4.78 is 45.1. The van der Waals surface area contributed by atoms with Crippen molar-refractivity contribution in [2.75, 3.05) is 13.7 Å². The highest BCUT2D eigenvalue weighted by Crippen LogP contribution is 2.31. The fourth-order valence-electron chi connectivity index (χ4n) is 1.11. The molecule has 1 aromatic carbocycles. The van der Waals surface area contributed by atoms with Crippen molar-refractivity contribution in [3.8, 4) is 11.5 Å². The zero-order valence-corrected chi connectivity index (χ0v) is 9.56. The fraction of sp³-hybridized carbons (Fsp3) is 0.300. The third kappa shape index (κ3) is 3.83. The van der Waals surface area contributed by atoms with E-state index < -0.39 is 34.9 Å². The number of benzene rings is 1. The van der Waals surface area contributed by atoms with Crippen LogP contribution in [0.2, 0.25) is 0 Å². The minimum Gasteiger partial charge on any atom is -0.496 e. The van der Waals surface area contributed by atoms with Gasteiger partial charge < -0.3 is 9.47 Å². The summed E-state index contributed by atoms with van der Waals surface area (Å²) >= 11 is 0. The average Bonchev–Trinajstić information content (AvgIpc) is 2.34. The number of nitro groups is 1. The van der Waals surface area contributed by atoms with Gasteiger partial charge in [0.25, 0.3) is 5.78 Å². The number of carbonyl (C=O) groups excluding carboxylic acids is 1. The molecule has 0 heterocycles. The van der Waals surface area contributed by atoms with E-state index in [4.69, 9.17) is 4.74 Å². The number of ether oxygens (including phenoxy) is 2. The molecule has 9 heteroatoms. The van der Waals surface area contributed by atoms with E-state index in [0.717, 1.165) is 12.1 Å². The van der Waals surface area contributed by atoms with Gasteiger partial charge in [-0.05, 0) is 12.1 Å². The third-order valence-electron chi connectivity index (χ3n) is 2.04. The zero-order valence-electron chi connectivity index (χ0n) is 9.56. The minimum absolute atomic E-state index is 0.140. The van der Waals surface area contributed by atoms with Crippen LogP contribution in [0.5, 0.6) is 11.5 Å². The minimum atomic E-state index is -5.04. The van der Waals surface area contributed by atoms with Crippen molar-refractivity contribution in [1.82, 2.24) is 0 Å². The Morgan fingerprint density at radius 2 is 2.05 bits per heavy atom. The fourth-order valence-corrected chi connectivity index (χ4v) is 1.11. The van der Waals surface area contributed by atoms with E-state index in [2.05, 4.69) is 4.74 Å². The first kappa shape index (κ1) is 14.7. The number of nitrogens with zero attached hydrogens (tertiary/aromatic N) is 1. The summed E-state index contributed by atoms with van der Waals surface area (Å²) in [7, 11) is 1.27. The van der Waals surface area contributed by atoms with E-state index in [1.54, 1.807) is 0 Å². The van der Waals surface area contributed by atoms with Crippen LogP contribution in [0.1, 0.15) is 0 Å². The second-order valence-corrected chi connectivity index (χ2v) is 3.30. The normalized spacial score (nSPS) is 10.9. The zero-order chi connectivity index (χ0) is 14.6. The maximum Gasteiger partial charge on any atom is 0.453 e. The second-order valence-electron chi connectivity index (χ2n) is 3.30. The van der Waals surface area contributed by atoms with Gasteiger partial charge in [0.1, 0.15) is 5.75 Å². The Kier molecular flexibility index (Phi) is 4.30. The van der Waals surface area contributed by atoms with E-state index in [1.165, 1.54) is 13.2 Å². The number of halogens is 3. The first-order chi connectivity index (χ1) is 8.75. The van der Waals surface area contributed by atoms with Crippen molar-refractivity contribution < 1.29 is 32.4 Å². The molecule has 0 atom stereocenters. The number of hydrogen-bond acceptors (Lipinski definition) is 5. The van der Waals surface area contributed by atoms with Gasteiger partial charge in [0.2, 0.25) is 0 Å². The van der Waals surface area contributed by atoms with E-state index in [1.807, 2.05) is 0 Å². The Morgan fingerprint density at radius 3 is 2.53 bits per heavy atom. The molecule has 0 aliphatic rings. The summed E-state index contributed by atoms with van der Waals surface area (Å²) in [5.41, 5.74) is -0.589. The SMILES string of the molecule is COc1ccc(OCC(=O)C(F)(F)F)c([N+](=O)[O-])c1. The number of methoxy groups -OCH3 is 1. The van der Waals surface area contributed by atoms with Crippen LogP contribution in [0.25, 0.3) is 0 Å². The van der Waals surface area contributed by atoms with Gasteiger partial charge in [-0.25, -0.2) is 0 Å². The molecule has 19 heavy (non-hydrogen) atoms. The smallest absolute Gasteiger partial charge is 0.453 e. The van der Waals surface area contributed by atoms with Gasteiger partial charge in [0.15, 0.2) is 12.4 Å². The van der Waals surface area contributed by atoms with Crippen LogP contribution in [0.4, 0.5) is 18.9 Å². The lowest BCUT2D eigenvalue weighted by atomic mass is 10.3. The maximum atomic E-state index is 11.9. The summed E-state index contributed by atoms with van der Waals surface area (Å²) in [6.07, 6.45) is -5.04. The van der Waals surface area contributed by atoms with Crippen LogP contribution in [-0.4, -0.2) is 30.6 Å². The first-order valence-electron chi connectivity index (χ1n) is 4.81. The number of nitro benzene ring substituents is 1. The van der Waals surface area contributed by atoms with Crippen molar-refractivity contribution in [3.63, 3.8) is 0 Å². The number of rotatable bonds is 5. The molecule has 0 radical (unpaired) electrons. The van der Waals surface area contributed by atoms with Gasteiger partial charge in [-0.15, -0.1) is 0 Å². The molecule has 0 aliphatic heterocycles. The number of ketones is 1. The van der Waals surface area contributed by atoms with E-state index >= 15 is 0 Å². The van der Waals surface area contributed by atoms with Crippen LogP contribution in [0.15, 0.2) is 18.2 Å². The molecular weight excluding hydrogens is 271 g/mol. The number of hydrogen-bond donors (Lipinski definition) is 0. The van der Waals surface area contributed by atoms with Crippen molar-refractivity contribution >= 4 is 11.5 Å². The van der Waals surface area contributed by atoms with Gasteiger partial charge in [0.05, 0.1) is 18.1 Å². The lowest BCUT2D eigenvalue weighted by molar-refractivity contribution is -0.385. The molecule has 0 N–H and O–H groups in total. The van der Waals surface area contributed by atoms with E-state index in [0.29, 0.717) is 0 Å². The predicted octanol–water partition coefficient (Wildman–Crippen LogP) is 2.11. The number of alkyl halides is 3. The maximum absolute atomic E-state index is 11.9. The van der Waals surface area contributed by atoms with Crippen LogP contribution in [0, 0.1) is 10.1 Å². The summed E-state index contributed by atoms with van der Waals surface area (Å²) in [6.45, 7) is -1.32. The van der Waals surface area contributed by atoms with Gasteiger partial charge in [-0.2, -0.15) is 13.2 Å². The lowest BCUT2D eigenvalue weighted by Crippen LogP contribution is -2.28. The monoisotopic (exact) mass is 279 g/mol. The van der Waals surface area contributed by atoms with Gasteiger partial charge in [0, 0.05) is 0 Å². The van der Waals surface area contributed by atoms with Gasteiger partial charge in [-0.3, -0.25) is 14.9 Å². The summed E-state index contributed by atoms with van der Waals surface area (Å²) in [5.74, 6) is -2.43. The molecule has 6 nitrogen and oxygen atoms in total. The highest BCUT2D eigenvalue weighted by atomic mass is 19.4. The molecule has 1 rings (SSSR count).